The fourth-order valence-electron chi connectivity index (χ4n) is 4.08. The number of thioether (sulfide) groups is 1. The number of aliphatic imine (C=N–C) groups is 1. The van der Waals surface area contributed by atoms with Gasteiger partial charge in [0, 0.05) is 16.4 Å². The number of rotatable bonds is 7. The van der Waals surface area contributed by atoms with Gasteiger partial charge in [-0.3, -0.25) is 4.79 Å². The molecule has 1 amide bonds. The predicted octanol–water partition coefficient (Wildman–Crippen LogP) is 5.85. The van der Waals surface area contributed by atoms with E-state index in [-0.39, 0.29) is 31.1 Å². The lowest BCUT2D eigenvalue weighted by Crippen LogP contribution is -2.34. The van der Waals surface area contributed by atoms with Gasteiger partial charge in [0.25, 0.3) is 5.91 Å². The van der Waals surface area contributed by atoms with Crippen LogP contribution in [0.5, 0.6) is 5.75 Å². The summed E-state index contributed by atoms with van der Waals surface area (Å²) < 4.78 is 12.0. The average Bonchev–Trinajstić information content (AvgIpc) is 3.27. The first-order valence-electron chi connectivity index (χ1n) is 11.2. The first kappa shape index (κ1) is 25.1. The summed E-state index contributed by atoms with van der Waals surface area (Å²) in [6, 6.07) is 11.0. The van der Waals surface area contributed by atoms with Crippen LogP contribution in [0.1, 0.15) is 36.6 Å². The van der Waals surface area contributed by atoms with Crippen molar-refractivity contribution < 1.29 is 19.1 Å². The molecule has 1 atom stereocenters. The number of benzene rings is 2. The van der Waals surface area contributed by atoms with Crippen molar-refractivity contribution >= 4 is 50.4 Å². The molecule has 2 aliphatic heterocycles. The van der Waals surface area contributed by atoms with E-state index in [2.05, 4.69) is 26.2 Å². The summed E-state index contributed by atoms with van der Waals surface area (Å²) in [5.74, 6) is -0.0562. The van der Waals surface area contributed by atoms with Gasteiger partial charge in [0.1, 0.15) is 5.75 Å². The minimum atomic E-state index is -0.376. The molecule has 0 radical (unpaired) electrons. The van der Waals surface area contributed by atoms with Crippen LogP contribution in [0.3, 0.4) is 0 Å². The molecule has 7 nitrogen and oxygen atoms in total. The largest absolute Gasteiger partial charge is 0.484 e. The molecule has 4 rings (SSSR count). The second-order valence-electron chi connectivity index (χ2n) is 8.15. The van der Waals surface area contributed by atoms with E-state index < -0.39 is 0 Å². The number of nitrogens with zero attached hydrogens (tertiary/aromatic N) is 2. The van der Waals surface area contributed by atoms with Crippen molar-refractivity contribution in [3.05, 3.63) is 80.4 Å². The summed E-state index contributed by atoms with van der Waals surface area (Å²) in [6.07, 6.45) is 1.92. The van der Waals surface area contributed by atoms with Gasteiger partial charge in [0.05, 0.1) is 23.9 Å². The Morgan fingerprint density at radius 1 is 1.14 bits per heavy atom. The second kappa shape index (κ2) is 10.7. The van der Waals surface area contributed by atoms with Crippen LogP contribution in [0.25, 0.3) is 0 Å². The lowest BCUT2D eigenvalue weighted by molar-refractivity contribution is -0.139. The molecule has 9 heteroatoms. The quantitative estimate of drug-likeness (QED) is 0.431. The summed E-state index contributed by atoms with van der Waals surface area (Å²) in [4.78, 5) is 31.8. The second-order valence-corrected chi connectivity index (χ2v) is 9.94. The van der Waals surface area contributed by atoms with Crippen molar-refractivity contribution in [2.24, 2.45) is 4.99 Å². The van der Waals surface area contributed by atoms with Gasteiger partial charge in [-0.25, -0.2) is 9.79 Å². The van der Waals surface area contributed by atoms with Crippen LogP contribution in [0, 0.1) is 13.8 Å². The number of amidine groups is 1. The van der Waals surface area contributed by atoms with Crippen molar-refractivity contribution in [1.29, 1.82) is 0 Å². The number of esters is 1. The fourth-order valence-corrected chi connectivity index (χ4v) is 5.55. The van der Waals surface area contributed by atoms with Gasteiger partial charge in [-0.1, -0.05) is 39.8 Å². The zero-order chi connectivity index (χ0) is 25.1. The van der Waals surface area contributed by atoms with E-state index in [0.717, 1.165) is 32.0 Å². The zero-order valence-electron chi connectivity index (χ0n) is 19.9. The van der Waals surface area contributed by atoms with Crippen molar-refractivity contribution in [1.82, 2.24) is 4.90 Å². The molecule has 0 unspecified atom stereocenters. The maximum absolute atomic E-state index is 12.8. The Morgan fingerprint density at radius 2 is 1.83 bits per heavy atom. The van der Waals surface area contributed by atoms with E-state index in [0.29, 0.717) is 17.0 Å². The number of carbonyl (C=O) groups excluding carboxylic acids is 2. The number of halogens is 1. The predicted molar refractivity (Wildman–Crippen MR) is 142 cm³/mol. The molecule has 2 aromatic carbocycles. The molecule has 2 aliphatic rings. The Morgan fingerprint density at radius 3 is 2.49 bits per heavy atom. The molecule has 0 aliphatic carbocycles. The number of amides is 1. The number of nitrogens with one attached hydrogen (secondary N) is 1. The van der Waals surface area contributed by atoms with Gasteiger partial charge in [-0.15, -0.1) is 0 Å². The molecule has 35 heavy (non-hydrogen) atoms. The van der Waals surface area contributed by atoms with Crippen molar-refractivity contribution in [3.63, 3.8) is 0 Å². The SMILES string of the molecule is CCOC(=O)C1=C(C)N=C2SC=CN2[C@H]1c1ccc(OCC(=O)Nc2c(C)cc(Br)cc2C)cc1. The van der Waals surface area contributed by atoms with E-state index in [1.54, 1.807) is 19.1 Å². The lowest BCUT2D eigenvalue weighted by Gasteiger charge is -2.33. The Kier molecular flexibility index (Phi) is 7.66. The molecule has 0 saturated carbocycles. The van der Waals surface area contributed by atoms with Crippen molar-refractivity contribution in [2.45, 2.75) is 33.7 Å². The molecule has 0 bridgehead atoms. The first-order valence-corrected chi connectivity index (χ1v) is 12.8. The topological polar surface area (TPSA) is 80.2 Å². The minimum Gasteiger partial charge on any atom is -0.484 e. The van der Waals surface area contributed by atoms with Crippen LogP contribution in [0.15, 0.2) is 68.7 Å². The Bertz CT molecular complexity index is 1230. The third kappa shape index (κ3) is 5.46. The monoisotopic (exact) mass is 555 g/mol. The Hall–Kier alpha value is -3.04. The number of anilines is 1. The highest BCUT2D eigenvalue weighted by molar-refractivity contribution is 9.10. The van der Waals surface area contributed by atoms with E-state index in [1.807, 2.05) is 61.5 Å². The number of hydrogen-bond donors (Lipinski definition) is 1. The highest BCUT2D eigenvalue weighted by atomic mass is 79.9. The van der Waals surface area contributed by atoms with Crippen LogP contribution >= 0.6 is 27.7 Å². The van der Waals surface area contributed by atoms with E-state index in [4.69, 9.17) is 9.47 Å². The maximum Gasteiger partial charge on any atom is 0.338 e. The number of hydrogen-bond acceptors (Lipinski definition) is 7. The number of fused-ring (bicyclic) bond motifs is 1. The normalized spacial score (nSPS) is 16.7. The van der Waals surface area contributed by atoms with Gasteiger partial charge in [-0.05, 0) is 74.1 Å². The van der Waals surface area contributed by atoms with Gasteiger partial charge >= 0.3 is 5.97 Å². The standard InChI is InChI=1S/C26H26BrN3O4S/c1-5-33-25(32)22-17(4)28-26-30(10-11-35-26)24(22)18-6-8-20(9-7-18)34-14-21(31)29-23-15(2)12-19(27)13-16(23)3/h6-13,24H,5,14H2,1-4H3,(H,29,31)/t24-/m0/s1. The van der Waals surface area contributed by atoms with Crippen molar-refractivity contribution in [3.8, 4) is 5.75 Å². The highest BCUT2D eigenvalue weighted by Gasteiger charge is 2.37. The van der Waals surface area contributed by atoms with E-state index in [1.165, 1.54) is 11.8 Å². The maximum atomic E-state index is 12.8. The van der Waals surface area contributed by atoms with Crippen LogP contribution < -0.4 is 10.1 Å². The zero-order valence-corrected chi connectivity index (χ0v) is 22.3. The van der Waals surface area contributed by atoms with Crippen molar-refractivity contribution in [2.75, 3.05) is 18.5 Å². The smallest absolute Gasteiger partial charge is 0.338 e. The summed E-state index contributed by atoms with van der Waals surface area (Å²) in [5, 5.41) is 5.69. The van der Waals surface area contributed by atoms with E-state index >= 15 is 0 Å². The molecule has 182 valence electrons. The number of allylic oxidation sites excluding steroid dienone is 1. The van der Waals surface area contributed by atoms with Crippen LogP contribution in [-0.4, -0.2) is 35.2 Å². The average molecular weight is 556 g/mol. The van der Waals surface area contributed by atoms with Crippen LogP contribution in [0.4, 0.5) is 5.69 Å². The summed E-state index contributed by atoms with van der Waals surface area (Å²) in [7, 11) is 0. The van der Waals surface area contributed by atoms with Gasteiger partial charge in [-0.2, -0.15) is 0 Å². The number of carbonyl (C=O) groups is 2. The minimum absolute atomic E-state index is 0.118. The Balaban J connectivity index is 1.47. The summed E-state index contributed by atoms with van der Waals surface area (Å²) in [6.45, 7) is 7.68. The molecule has 0 spiro atoms. The van der Waals surface area contributed by atoms with Gasteiger partial charge in [0.2, 0.25) is 0 Å². The fraction of sp³-hybridized carbons (Fsp3) is 0.269. The third-order valence-electron chi connectivity index (χ3n) is 5.64. The molecule has 2 aromatic rings. The Labute approximate surface area is 217 Å². The third-order valence-corrected chi connectivity index (χ3v) is 6.87. The summed E-state index contributed by atoms with van der Waals surface area (Å²) in [5.41, 5.74) is 4.78. The van der Waals surface area contributed by atoms with Gasteiger partial charge in [0.15, 0.2) is 11.8 Å². The first-order chi connectivity index (χ1) is 16.8. The highest BCUT2D eigenvalue weighted by Crippen LogP contribution is 2.41. The van der Waals surface area contributed by atoms with Crippen LogP contribution in [-0.2, 0) is 14.3 Å². The molecule has 0 aromatic heterocycles. The molecule has 0 saturated heterocycles. The van der Waals surface area contributed by atoms with Gasteiger partial charge < -0.3 is 19.7 Å². The molecule has 0 fully saturated rings. The number of ether oxygens (including phenoxy) is 2. The summed E-state index contributed by atoms with van der Waals surface area (Å²) >= 11 is 4.98. The molecular weight excluding hydrogens is 530 g/mol. The van der Waals surface area contributed by atoms with E-state index in [9.17, 15) is 9.59 Å². The molecule has 2 heterocycles. The molecular formula is C26H26BrN3O4S. The number of aryl methyl sites for hydroxylation is 2. The van der Waals surface area contributed by atoms with Crippen LogP contribution in [0.2, 0.25) is 0 Å². The molecule has 1 N–H and O–H groups in total. The lowest BCUT2D eigenvalue weighted by atomic mass is 9.95.